The quantitative estimate of drug-likeness (QED) is 0.760. The predicted molar refractivity (Wildman–Crippen MR) is 81.4 cm³/mol. The van der Waals surface area contributed by atoms with E-state index in [9.17, 15) is 4.39 Å². The van der Waals surface area contributed by atoms with Crippen LogP contribution >= 0.6 is 11.6 Å². The van der Waals surface area contributed by atoms with Gasteiger partial charge < -0.3 is 9.31 Å². The number of aromatic nitrogens is 2. The highest BCUT2D eigenvalue weighted by Crippen LogP contribution is 2.37. The minimum atomic E-state index is -0.754. The Bertz CT molecular complexity index is 713. The summed E-state index contributed by atoms with van der Waals surface area (Å²) in [4.78, 5) is 0. The molecule has 0 saturated carbocycles. The van der Waals surface area contributed by atoms with Gasteiger partial charge in [0.05, 0.1) is 22.1 Å². The SMILES string of the molecule is Cn1nc2ccc(B3OC(C)(C)C(C)(C)O3)c(F)c2c1Cl. The molecule has 0 unspecified atom stereocenters. The molecule has 1 fully saturated rings. The van der Waals surface area contributed by atoms with Crippen molar-refractivity contribution in [2.75, 3.05) is 0 Å². The topological polar surface area (TPSA) is 36.3 Å². The third-order valence-corrected chi connectivity index (χ3v) is 4.84. The number of halogens is 2. The lowest BCUT2D eigenvalue weighted by Gasteiger charge is -2.32. The Labute approximate surface area is 128 Å². The van der Waals surface area contributed by atoms with E-state index in [0.717, 1.165) is 0 Å². The average molecular weight is 311 g/mol. The Morgan fingerprint density at radius 2 is 1.76 bits per heavy atom. The summed E-state index contributed by atoms with van der Waals surface area (Å²) in [6, 6.07) is 3.37. The first kappa shape index (κ1) is 14.8. The highest BCUT2D eigenvalue weighted by Gasteiger charge is 2.52. The molecule has 0 N–H and O–H groups in total. The van der Waals surface area contributed by atoms with Crippen molar-refractivity contribution in [2.24, 2.45) is 7.05 Å². The Balaban J connectivity index is 2.11. The van der Waals surface area contributed by atoms with Gasteiger partial charge in [-0.25, -0.2) is 4.39 Å². The first-order valence-corrected chi connectivity index (χ1v) is 7.18. The van der Waals surface area contributed by atoms with Gasteiger partial charge in [-0.15, -0.1) is 0 Å². The number of benzene rings is 1. The fraction of sp³-hybridized carbons (Fsp3) is 0.500. The van der Waals surface area contributed by atoms with Crippen molar-refractivity contribution >= 4 is 35.1 Å². The van der Waals surface area contributed by atoms with E-state index in [0.29, 0.717) is 16.4 Å². The van der Waals surface area contributed by atoms with Gasteiger partial charge in [-0.1, -0.05) is 17.7 Å². The monoisotopic (exact) mass is 310 g/mol. The highest BCUT2D eigenvalue weighted by atomic mass is 35.5. The van der Waals surface area contributed by atoms with Crippen LogP contribution in [-0.4, -0.2) is 28.1 Å². The summed E-state index contributed by atoms with van der Waals surface area (Å²) >= 11 is 6.12. The third-order valence-electron chi connectivity index (χ3n) is 4.41. The van der Waals surface area contributed by atoms with Gasteiger partial charge in [-0.2, -0.15) is 5.10 Å². The minimum Gasteiger partial charge on any atom is -0.399 e. The molecule has 2 aromatic rings. The summed E-state index contributed by atoms with van der Waals surface area (Å²) in [5.74, 6) is -0.441. The Morgan fingerprint density at radius 3 is 2.33 bits per heavy atom. The van der Waals surface area contributed by atoms with E-state index in [1.807, 2.05) is 27.7 Å². The van der Waals surface area contributed by atoms with Gasteiger partial charge in [0, 0.05) is 12.5 Å². The van der Waals surface area contributed by atoms with Crippen molar-refractivity contribution in [1.82, 2.24) is 9.78 Å². The largest absolute Gasteiger partial charge is 0.497 e. The molecule has 0 aliphatic carbocycles. The first-order valence-electron chi connectivity index (χ1n) is 6.80. The molecular formula is C14H17BClFN2O2. The van der Waals surface area contributed by atoms with Gasteiger partial charge in [0.2, 0.25) is 0 Å². The molecule has 1 aromatic heterocycles. The number of fused-ring (bicyclic) bond motifs is 1. The normalized spacial score (nSPS) is 20.4. The Kier molecular flexibility index (Phi) is 3.14. The second-order valence-electron chi connectivity index (χ2n) is 6.37. The smallest absolute Gasteiger partial charge is 0.399 e. The zero-order valence-electron chi connectivity index (χ0n) is 12.7. The molecule has 0 bridgehead atoms. The van der Waals surface area contributed by atoms with E-state index < -0.39 is 24.1 Å². The average Bonchev–Trinajstić information content (AvgIpc) is 2.75. The van der Waals surface area contributed by atoms with Crippen LogP contribution in [0, 0.1) is 5.82 Å². The Hall–Kier alpha value is -1.11. The fourth-order valence-electron chi connectivity index (χ4n) is 2.38. The van der Waals surface area contributed by atoms with E-state index in [4.69, 9.17) is 20.9 Å². The summed E-state index contributed by atoms with van der Waals surface area (Å²) in [6.45, 7) is 7.72. The van der Waals surface area contributed by atoms with Crippen LogP contribution in [0.4, 0.5) is 4.39 Å². The summed E-state index contributed by atoms with van der Waals surface area (Å²) < 4.78 is 28.0. The van der Waals surface area contributed by atoms with Crippen molar-refractivity contribution in [3.05, 3.63) is 23.1 Å². The summed E-state index contributed by atoms with van der Waals surface area (Å²) in [7, 11) is 0.923. The molecule has 3 rings (SSSR count). The summed E-state index contributed by atoms with van der Waals surface area (Å²) in [5.41, 5.74) is -0.174. The standard InChI is InChI=1S/C14H17BClFN2O2/c1-13(2)14(3,4)21-15(20-13)8-6-7-9-10(11(8)17)12(16)19(5)18-9/h6-7H,1-5H3. The lowest BCUT2D eigenvalue weighted by atomic mass is 9.78. The lowest BCUT2D eigenvalue weighted by Crippen LogP contribution is -2.41. The third kappa shape index (κ3) is 2.08. The van der Waals surface area contributed by atoms with Crippen molar-refractivity contribution in [2.45, 2.75) is 38.9 Å². The summed E-state index contributed by atoms with van der Waals surface area (Å²) in [5, 5.41) is 4.72. The number of aryl methyl sites for hydroxylation is 1. The highest BCUT2D eigenvalue weighted by molar-refractivity contribution is 6.62. The van der Waals surface area contributed by atoms with Crippen molar-refractivity contribution in [1.29, 1.82) is 0 Å². The predicted octanol–water partition coefficient (Wildman–Crippen LogP) is 2.67. The molecule has 1 aliphatic rings. The number of hydrogen-bond donors (Lipinski definition) is 0. The molecule has 2 heterocycles. The van der Waals surface area contributed by atoms with E-state index in [2.05, 4.69) is 5.10 Å². The summed E-state index contributed by atoms with van der Waals surface area (Å²) in [6.07, 6.45) is 0. The maximum Gasteiger partial charge on any atom is 0.497 e. The maximum absolute atomic E-state index is 14.8. The number of rotatable bonds is 1. The van der Waals surface area contributed by atoms with Crippen LogP contribution in [0.5, 0.6) is 0 Å². The van der Waals surface area contributed by atoms with Crippen molar-refractivity contribution in [3.63, 3.8) is 0 Å². The molecule has 4 nitrogen and oxygen atoms in total. The molecule has 1 aromatic carbocycles. The van der Waals surface area contributed by atoms with Crippen LogP contribution in [0.15, 0.2) is 12.1 Å². The van der Waals surface area contributed by atoms with Crippen LogP contribution in [0.3, 0.4) is 0 Å². The van der Waals surface area contributed by atoms with E-state index in [-0.39, 0.29) is 5.15 Å². The van der Waals surface area contributed by atoms with Gasteiger partial charge in [0.15, 0.2) is 0 Å². The van der Waals surface area contributed by atoms with Gasteiger partial charge in [-0.3, -0.25) is 4.68 Å². The van der Waals surface area contributed by atoms with Crippen LogP contribution in [0.1, 0.15) is 27.7 Å². The fourth-order valence-corrected chi connectivity index (χ4v) is 2.60. The zero-order chi connectivity index (χ0) is 15.6. The second kappa shape index (κ2) is 4.45. The van der Waals surface area contributed by atoms with Crippen LogP contribution in [0.2, 0.25) is 5.15 Å². The van der Waals surface area contributed by atoms with E-state index >= 15 is 0 Å². The van der Waals surface area contributed by atoms with Crippen LogP contribution < -0.4 is 5.46 Å². The van der Waals surface area contributed by atoms with Gasteiger partial charge in [0.1, 0.15) is 11.0 Å². The van der Waals surface area contributed by atoms with E-state index in [1.165, 1.54) is 4.68 Å². The molecule has 0 spiro atoms. The molecule has 0 atom stereocenters. The minimum absolute atomic E-state index is 0.265. The van der Waals surface area contributed by atoms with Gasteiger partial charge >= 0.3 is 7.12 Å². The van der Waals surface area contributed by atoms with Gasteiger partial charge in [0.25, 0.3) is 0 Å². The molecule has 21 heavy (non-hydrogen) atoms. The maximum atomic E-state index is 14.8. The van der Waals surface area contributed by atoms with Gasteiger partial charge in [-0.05, 0) is 33.8 Å². The number of hydrogen-bond acceptors (Lipinski definition) is 3. The second-order valence-corrected chi connectivity index (χ2v) is 6.72. The Morgan fingerprint density at radius 1 is 1.19 bits per heavy atom. The molecule has 0 radical (unpaired) electrons. The molecule has 112 valence electrons. The van der Waals surface area contributed by atoms with Crippen molar-refractivity contribution in [3.8, 4) is 0 Å². The lowest BCUT2D eigenvalue weighted by molar-refractivity contribution is 0.00578. The first-order chi connectivity index (χ1) is 9.64. The molecule has 1 aliphatic heterocycles. The zero-order valence-corrected chi connectivity index (χ0v) is 13.5. The molecule has 0 amide bonds. The number of nitrogens with zero attached hydrogens (tertiary/aromatic N) is 2. The van der Waals surface area contributed by atoms with Crippen molar-refractivity contribution < 1.29 is 13.7 Å². The van der Waals surface area contributed by atoms with Crippen LogP contribution in [-0.2, 0) is 16.4 Å². The van der Waals surface area contributed by atoms with Crippen LogP contribution in [0.25, 0.3) is 10.9 Å². The van der Waals surface area contributed by atoms with E-state index in [1.54, 1.807) is 19.2 Å². The molecular weight excluding hydrogens is 293 g/mol. The molecule has 1 saturated heterocycles. The molecule has 7 heteroatoms.